The molecule has 2 aromatic rings. The molecule has 2 fully saturated rings. The van der Waals surface area contributed by atoms with Gasteiger partial charge in [-0.05, 0) is 19.9 Å². The Labute approximate surface area is 154 Å². The van der Waals surface area contributed by atoms with E-state index in [0.29, 0.717) is 11.2 Å². The van der Waals surface area contributed by atoms with Crippen LogP contribution in [0.2, 0.25) is 5.15 Å². The molecule has 2 aromatic heterocycles. The summed E-state index contributed by atoms with van der Waals surface area (Å²) in [5.41, 5.74) is 0.897. The molecule has 140 valence electrons. The Balaban J connectivity index is 1.74. The zero-order valence-electron chi connectivity index (χ0n) is 13.8. The molecule has 0 aliphatic carbocycles. The van der Waals surface area contributed by atoms with Crippen molar-refractivity contribution in [3.63, 3.8) is 0 Å². The van der Waals surface area contributed by atoms with Crippen LogP contribution in [0.25, 0.3) is 11.2 Å². The number of aromatic nitrogens is 4. The molecule has 2 saturated heterocycles. The van der Waals surface area contributed by atoms with Crippen molar-refractivity contribution in [2.45, 2.75) is 44.2 Å². The van der Waals surface area contributed by atoms with Gasteiger partial charge < -0.3 is 14.2 Å². The van der Waals surface area contributed by atoms with Gasteiger partial charge in [0.05, 0.1) is 6.33 Å². The van der Waals surface area contributed by atoms with Crippen LogP contribution in [-0.2, 0) is 24.2 Å². The van der Waals surface area contributed by atoms with Crippen molar-refractivity contribution in [1.29, 1.82) is 0 Å². The van der Waals surface area contributed by atoms with Crippen LogP contribution in [0.3, 0.4) is 0 Å². The average Bonchev–Trinajstić information content (AvgIpc) is 3.16. The molecule has 0 bridgehead atoms. The number of sulfonamides is 1. The lowest BCUT2D eigenvalue weighted by Gasteiger charge is -2.23. The first kappa shape index (κ1) is 17.8. The number of fused-ring (bicyclic) bond motifs is 2. The fourth-order valence-corrected chi connectivity index (χ4v) is 3.73. The molecule has 0 amide bonds. The summed E-state index contributed by atoms with van der Waals surface area (Å²) in [6.07, 6.45) is 1.83. The van der Waals surface area contributed by atoms with Gasteiger partial charge in [-0.25, -0.2) is 28.5 Å². The number of rotatable bonds is 3. The average molecular weight is 402 g/mol. The van der Waals surface area contributed by atoms with Crippen LogP contribution in [0.15, 0.2) is 24.1 Å². The second-order valence-electron chi connectivity index (χ2n) is 6.46. The smallest absolute Gasteiger partial charge is 0.230 e. The lowest BCUT2D eigenvalue weighted by atomic mass is 10.1. The number of imidazole rings is 1. The first-order valence-electron chi connectivity index (χ1n) is 7.70. The van der Waals surface area contributed by atoms with Crippen molar-refractivity contribution < 1.29 is 22.6 Å². The Kier molecular flexibility index (Phi) is 4.06. The highest BCUT2D eigenvalue weighted by molar-refractivity contribution is 7.92. The highest BCUT2D eigenvalue weighted by atomic mass is 35.5. The van der Waals surface area contributed by atoms with Gasteiger partial charge in [0.25, 0.3) is 0 Å². The zero-order chi connectivity index (χ0) is 18.7. The van der Waals surface area contributed by atoms with Crippen molar-refractivity contribution in [2.75, 3.05) is 0 Å². The molecule has 4 rings (SSSR count). The topological polar surface area (TPSA) is 131 Å². The number of primary sulfonamides is 1. The predicted octanol–water partition coefficient (Wildman–Crippen LogP) is 0.699. The van der Waals surface area contributed by atoms with Crippen molar-refractivity contribution in [2.24, 2.45) is 5.14 Å². The molecule has 2 aliphatic heterocycles. The van der Waals surface area contributed by atoms with Gasteiger partial charge in [0.1, 0.15) is 30.2 Å². The number of nitrogens with zero attached hydrogens (tertiary/aromatic N) is 4. The summed E-state index contributed by atoms with van der Waals surface area (Å²) < 4.78 is 42.0. The Morgan fingerprint density at radius 1 is 1.27 bits per heavy atom. The lowest BCUT2D eigenvalue weighted by Crippen LogP contribution is -2.28. The minimum Gasteiger partial charge on any atom is -0.345 e. The predicted molar refractivity (Wildman–Crippen MR) is 90.3 cm³/mol. The van der Waals surface area contributed by atoms with Gasteiger partial charge in [-0.1, -0.05) is 11.6 Å². The molecule has 0 unspecified atom stereocenters. The Hall–Kier alpha value is -1.63. The second-order valence-corrected chi connectivity index (χ2v) is 8.27. The maximum atomic E-state index is 11.2. The van der Waals surface area contributed by atoms with Crippen LogP contribution in [0.5, 0.6) is 0 Å². The summed E-state index contributed by atoms with van der Waals surface area (Å²) in [5, 5.41) is 6.14. The van der Waals surface area contributed by atoms with Gasteiger partial charge in [-0.3, -0.25) is 4.57 Å². The first-order valence-corrected chi connectivity index (χ1v) is 9.68. The van der Waals surface area contributed by atoms with E-state index in [9.17, 15) is 8.42 Å². The van der Waals surface area contributed by atoms with Crippen LogP contribution >= 0.6 is 11.6 Å². The molecule has 0 spiro atoms. The van der Waals surface area contributed by atoms with Crippen LogP contribution in [0.1, 0.15) is 20.1 Å². The van der Waals surface area contributed by atoms with Crippen LogP contribution in [0, 0.1) is 0 Å². The summed E-state index contributed by atoms with van der Waals surface area (Å²) >= 11 is 6.05. The molecule has 2 N–H and O–H groups in total. The minimum atomic E-state index is -3.79. The monoisotopic (exact) mass is 401 g/mol. The summed E-state index contributed by atoms with van der Waals surface area (Å²) in [7, 11) is -3.79. The molecule has 26 heavy (non-hydrogen) atoms. The maximum absolute atomic E-state index is 11.2. The molecular weight excluding hydrogens is 386 g/mol. The largest absolute Gasteiger partial charge is 0.345 e. The third kappa shape index (κ3) is 3.10. The van der Waals surface area contributed by atoms with Gasteiger partial charge in [0.2, 0.25) is 10.0 Å². The number of ether oxygens (including phenoxy) is 3. The summed E-state index contributed by atoms with van der Waals surface area (Å²) in [5.74, 6) is -0.853. The highest BCUT2D eigenvalue weighted by Crippen LogP contribution is 2.44. The fraction of sp³-hybridized carbons (Fsp3) is 0.500. The second kappa shape index (κ2) is 5.94. The standard InChI is InChI=1S/C14H16ClN5O5S/c1-14(2)24-9-7(3-4-26(16,21)22)23-13(10(9)25-14)20-6-19-8-11(15)17-5-18-12(8)20/h3-7,9-10,13H,1-2H3,(H2,16,21,22)/t7-,9-,10-,13-/m1/s1. The Morgan fingerprint density at radius 2 is 2.00 bits per heavy atom. The Bertz CT molecular complexity index is 991. The van der Waals surface area contributed by atoms with Crippen molar-refractivity contribution >= 4 is 32.8 Å². The van der Waals surface area contributed by atoms with Gasteiger partial charge >= 0.3 is 0 Å². The van der Waals surface area contributed by atoms with E-state index >= 15 is 0 Å². The normalized spacial score (nSPS) is 31.1. The van der Waals surface area contributed by atoms with E-state index in [1.807, 2.05) is 0 Å². The first-order chi connectivity index (χ1) is 12.1. The van der Waals surface area contributed by atoms with Crippen molar-refractivity contribution in [3.8, 4) is 0 Å². The van der Waals surface area contributed by atoms with Crippen LogP contribution < -0.4 is 5.14 Å². The van der Waals surface area contributed by atoms with Crippen molar-refractivity contribution in [3.05, 3.63) is 29.3 Å². The third-order valence-corrected chi connectivity index (χ3v) is 4.92. The maximum Gasteiger partial charge on any atom is 0.230 e. The van der Waals surface area contributed by atoms with Crippen LogP contribution in [0.4, 0.5) is 0 Å². The molecule has 4 atom stereocenters. The van der Waals surface area contributed by atoms with Gasteiger partial charge in [-0.15, -0.1) is 0 Å². The number of hydrogen-bond acceptors (Lipinski definition) is 8. The highest BCUT2D eigenvalue weighted by Gasteiger charge is 2.55. The van der Waals surface area contributed by atoms with E-state index in [2.05, 4.69) is 15.0 Å². The molecule has 0 aromatic carbocycles. The van der Waals surface area contributed by atoms with Gasteiger partial charge in [0, 0.05) is 5.41 Å². The molecule has 10 nitrogen and oxygen atoms in total. The van der Waals surface area contributed by atoms with E-state index in [1.54, 1.807) is 18.4 Å². The fourth-order valence-electron chi connectivity index (χ4n) is 3.18. The third-order valence-electron chi connectivity index (χ3n) is 4.11. The van der Waals surface area contributed by atoms with Crippen molar-refractivity contribution in [1.82, 2.24) is 19.5 Å². The quantitative estimate of drug-likeness (QED) is 0.743. The molecule has 4 heterocycles. The molecule has 0 radical (unpaired) electrons. The van der Waals surface area contributed by atoms with E-state index in [-0.39, 0.29) is 5.15 Å². The Morgan fingerprint density at radius 3 is 2.73 bits per heavy atom. The minimum absolute atomic E-state index is 0.220. The number of nitrogens with two attached hydrogens (primary N) is 1. The number of hydrogen-bond donors (Lipinski definition) is 1. The molecule has 2 aliphatic rings. The number of halogens is 1. The van der Waals surface area contributed by atoms with Crippen LogP contribution in [-0.4, -0.2) is 52.0 Å². The lowest BCUT2D eigenvalue weighted by molar-refractivity contribution is -0.191. The van der Waals surface area contributed by atoms with E-state index in [0.717, 1.165) is 5.41 Å². The molecule has 0 saturated carbocycles. The van der Waals surface area contributed by atoms with E-state index in [4.69, 9.17) is 31.0 Å². The van der Waals surface area contributed by atoms with Gasteiger partial charge in [-0.2, -0.15) is 0 Å². The molecular formula is C14H16ClN5O5S. The van der Waals surface area contributed by atoms with E-state index in [1.165, 1.54) is 18.7 Å². The summed E-state index contributed by atoms with van der Waals surface area (Å²) in [6.45, 7) is 3.54. The summed E-state index contributed by atoms with van der Waals surface area (Å²) in [6, 6.07) is 0. The van der Waals surface area contributed by atoms with Gasteiger partial charge in [0.15, 0.2) is 22.8 Å². The SMILES string of the molecule is CC1(C)O[C@@H]2[C@H](O1)[C@@H](C=CS(N)(=O)=O)O[C@H]2n1cnc2c(Cl)ncnc21. The zero-order valence-corrected chi connectivity index (χ0v) is 15.4. The summed E-state index contributed by atoms with van der Waals surface area (Å²) in [4.78, 5) is 12.3. The van der Waals surface area contributed by atoms with E-state index < -0.39 is 40.4 Å². The molecule has 12 heteroatoms.